The molecular formula is C72H140O17P2. The zero-order chi connectivity index (χ0) is 67.2. The van der Waals surface area contributed by atoms with E-state index in [9.17, 15) is 43.2 Å². The summed E-state index contributed by atoms with van der Waals surface area (Å²) in [6, 6.07) is 0. The van der Waals surface area contributed by atoms with E-state index in [2.05, 4.69) is 41.5 Å². The lowest BCUT2D eigenvalue weighted by atomic mass is 9.99. The molecule has 0 spiro atoms. The molecule has 3 N–H and O–H groups in total. The quantitative estimate of drug-likeness (QED) is 0.0222. The Balaban J connectivity index is 5.12. The molecule has 0 aliphatic carbocycles. The molecule has 0 fully saturated rings. The molecule has 3 unspecified atom stereocenters. The van der Waals surface area contributed by atoms with Crippen LogP contribution in [0, 0.1) is 11.8 Å². The molecule has 0 saturated carbocycles. The molecule has 0 rings (SSSR count). The van der Waals surface area contributed by atoms with Crippen LogP contribution in [-0.2, 0) is 65.4 Å². The second-order valence-corrected chi connectivity index (χ2v) is 29.6. The standard InChI is InChI=1S/C72H140O17P2/c1-7-10-12-14-16-17-18-28-31-37-43-49-55-70(75)83-61-68(88-71(76)56-50-44-38-32-29-26-24-22-20-19-21-23-25-27-30-36-41-47-53-65(6)9-3)63-87-91(80,81)85-59-66(73)58-84-90(78,79)86-62-67(60-82-69(74)54-48-42-34-15-13-11-8-2)89-72(77)57-51-45-39-33-35-40-46-52-64(4)5/h64-68,73H,7-63H2,1-6H3,(H,78,79)(H,80,81)/t65?,66-,67+,68+/m0/s1. The summed E-state index contributed by atoms with van der Waals surface area (Å²) in [6.07, 6.45) is 50.3. The van der Waals surface area contributed by atoms with E-state index in [0.29, 0.717) is 31.6 Å². The van der Waals surface area contributed by atoms with Gasteiger partial charge in [-0.15, -0.1) is 0 Å². The van der Waals surface area contributed by atoms with Crippen LogP contribution in [0.5, 0.6) is 0 Å². The zero-order valence-corrected chi connectivity index (χ0v) is 60.9. The molecule has 0 aromatic heterocycles. The van der Waals surface area contributed by atoms with Crippen LogP contribution in [0.15, 0.2) is 0 Å². The predicted molar refractivity (Wildman–Crippen MR) is 368 cm³/mol. The maximum absolute atomic E-state index is 13.0. The number of esters is 4. The Morgan fingerprint density at radius 1 is 0.319 bits per heavy atom. The summed E-state index contributed by atoms with van der Waals surface area (Å²) in [4.78, 5) is 72.4. The number of phosphoric ester groups is 2. The molecule has 91 heavy (non-hydrogen) atoms. The highest BCUT2D eigenvalue weighted by molar-refractivity contribution is 7.47. The van der Waals surface area contributed by atoms with Gasteiger partial charge in [-0.25, -0.2) is 9.13 Å². The van der Waals surface area contributed by atoms with Gasteiger partial charge in [0.2, 0.25) is 0 Å². The number of phosphoric acid groups is 2. The third-order valence-electron chi connectivity index (χ3n) is 17.1. The second-order valence-electron chi connectivity index (χ2n) is 26.7. The van der Waals surface area contributed by atoms with E-state index in [1.807, 2.05) is 0 Å². The van der Waals surface area contributed by atoms with Gasteiger partial charge >= 0.3 is 39.5 Å². The SMILES string of the molecule is CCCCCCCCCCCCCCC(=O)OC[C@H](COP(=O)(O)OC[C@@H](O)COP(=O)(O)OC[C@@H](COC(=O)CCCCCCCCC)OC(=O)CCCCCCCCCC(C)C)OC(=O)CCCCCCCCCCCCCCCCCCCCC(C)CC. The average molecular weight is 1340 g/mol. The summed E-state index contributed by atoms with van der Waals surface area (Å²) in [6.45, 7) is 9.52. The number of carbonyl (C=O) groups is 4. The molecule has 19 heteroatoms. The molecule has 0 bridgehead atoms. The van der Waals surface area contributed by atoms with Crippen LogP contribution in [0.25, 0.3) is 0 Å². The molecule has 6 atom stereocenters. The summed E-state index contributed by atoms with van der Waals surface area (Å²) in [5, 5.41) is 10.6. The molecule has 0 aliphatic rings. The van der Waals surface area contributed by atoms with Crippen molar-refractivity contribution in [1.29, 1.82) is 0 Å². The van der Waals surface area contributed by atoms with Gasteiger partial charge in [0.05, 0.1) is 26.4 Å². The monoisotopic (exact) mass is 1340 g/mol. The van der Waals surface area contributed by atoms with Gasteiger partial charge in [-0.2, -0.15) is 0 Å². The van der Waals surface area contributed by atoms with Gasteiger partial charge in [-0.1, -0.05) is 318 Å². The maximum Gasteiger partial charge on any atom is 0.472 e. The number of ether oxygens (including phenoxy) is 4. The molecule has 17 nitrogen and oxygen atoms in total. The molecule has 0 aliphatic heterocycles. The van der Waals surface area contributed by atoms with E-state index in [1.165, 1.54) is 173 Å². The Labute approximate surface area is 556 Å². The van der Waals surface area contributed by atoms with Crippen molar-refractivity contribution in [2.45, 2.75) is 387 Å². The Morgan fingerprint density at radius 3 is 0.835 bits per heavy atom. The van der Waals surface area contributed by atoms with Crippen molar-refractivity contribution in [3.63, 3.8) is 0 Å². The Bertz CT molecular complexity index is 1770. The Kier molecular flexibility index (Phi) is 62.7. The van der Waals surface area contributed by atoms with Crippen molar-refractivity contribution in [2.24, 2.45) is 11.8 Å². The van der Waals surface area contributed by atoms with Gasteiger partial charge in [-0.3, -0.25) is 37.3 Å². The van der Waals surface area contributed by atoms with Crippen LogP contribution in [0.4, 0.5) is 0 Å². The number of carbonyl (C=O) groups excluding carboxylic acids is 4. The van der Waals surface area contributed by atoms with Gasteiger partial charge in [0.1, 0.15) is 19.3 Å². The Morgan fingerprint density at radius 2 is 0.560 bits per heavy atom. The minimum Gasteiger partial charge on any atom is -0.462 e. The first-order valence-electron chi connectivity index (χ1n) is 37.5. The van der Waals surface area contributed by atoms with Gasteiger partial charge < -0.3 is 33.8 Å². The zero-order valence-electron chi connectivity index (χ0n) is 59.1. The van der Waals surface area contributed by atoms with E-state index >= 15 is 0 Å². The first-order chi connectivity index (χ1) is 43.9. The van der Waals surface area contributed by atoms with Crippen LogP contribution in [0.1, 0.15) is 369 Å². The lowest BCUT2D eigenvalue weighted by molar-refractivity contribution is -0.161. The molecule has 0 aromatic rings. The summed E-state index contributed by atoms with van der Waals surface area (Å²) in [7, 11) is -9.89. The van der Waals surface area contributed by atoms with Gasteiger partial charge in [0.25, 0.3) is 0 Å². The molecule has 0 radical (unpaired) electrons. The lowest BCUT2D eigenvalue weighted by Crippen LogP contribution is -2.30. The van der Waals surface area contributed by atoms with Crippen LogP contribution in [-0.4, -0.2) is 96.7 Å². The van der Waals surface area contributed by atoms with Crippen LogP contribution < -0.4 is 0 Å². The summed E-state index contributed by atoms with van der Waals surface area (Å²) < 4.78 is 68.2. The van der Waals surface area contributed by atoms with Crippen LogP contribution in [0.3, 0.4) is 0 Å². The highest BCUT2D eigenvalue weighted by atomic mass is 31.2. The van der Waals surface area contributed by atoms with Crippen molar-refractivity contribution in [2.75, 3.05) is 39.6 Å². The van der Waals surface area contributed by atoms with Crippen molar-refractivity contribution in [1.82, 2.24) is 0 Å². The highest BCUT2D eigenvalue weighted by Gasteiger charge is 2.30. The maximum atomic E-state index is 13.0. The predicted octanol–water partition coefficient (Wildman–Crippen LogP) is 20.8. The van der Waals surface area contributed by atoms with Gasteiger partial charge in [0.15, 0.2) is 12.2 Å². The van der Waals surface area contributed by atoms with Gasteiger partial charge in [0, 0.05) is 25.7 Å². The third-order valence-corrected chi connectivity index (χ3v) is 19.0. The fourth-order valence-corrected chi connectivity index (χ4v) is 12.5. The van der Waals surface area contributed by atoms with Crippen LogP contribution >= 0.6 is 15.6 Å². The largest absolute Gasteiger partial charge is 0.472 e. The number of aliphatic hydroxyl groups is 1. The van der Waals surface area contributed by atoms with Crippen molar-refractivity contribution < 1.29 is 80.2 Å². The van der Waals surface area contributed by atoms with Crippen molar-refractivity contribution in [3.05, 3.63) is 0 Å². The highest BCUT2D eigenvalue weighted by Crippen LogP contribution is 2.45. The van der Waals surface area contributed by atoms with E-state index < -0.39 is 97.5 Å². The first kappa shape index (κ1) is 89.1. The lowest BCUT2D eigenvalue weighted by Gasteiger charge is -2.21. The summed E-state index contributed by atoms with van der Waals surface area (Å²) in [5.74, 6) is -0.561. The van der Waals surface area contributed by atoms with E-state index in [1.54, 1.807) is 0 Å². The molecular weight excluding hydrogens is 1200 g/mol. The normalized spacial score (nSPS) is 14.4. The fraction of sp³-hybridized carbons (Fsp3) is 0.944. The van der Waals surface area contributed by atoms with Crippen molar-refractivity contribution >= 4 is 39.5 Å². The molecule has 0 amide bonds. The second kappa shape index (κ2) is 64.1. The number of hydrogen-bond acceptors (Lipinski definition) is 15. The smallest absolute Gasteiger partial charge is 0.462 e. The molecule has 0 aromatic carbocycles. The number of unbranched alkanes of at least 4 members (excludes halogenated alkanes) is 40. The minimum atomic E-state index is -4.95. The molecule has 0 saturated heterocycles. The van der Waals surface area contributed by atoms with Gasteiger partial charge in [-0.05, 0) is 37.5 Å². The first-order valence-corrected chi connectivity index (χ1v) is 40.5. The van der Waals surface area contributed by atoms with E-state index in [0.717, 1.165) is 109 Å². The van der Waals surface area contributed by atoms with E-state index in [4.69, 9.17) is 37.0 Å². The summed E-state index contributed by atoms with van der Waals surface area (Å²) >= 11 is 0. The molecule has 540 valence electrons. The Hall–Kier alpha value is -1.94. The summed E-state index contributed by atoms with van der Waals surface area (Å²) in [5.41, 5.74) is 0. The van der Waals surface area contributed by atoms with Crippen LogP contribution in [0.2, 0.25) is 0 Å². The topological polar surface area (TPSA) is 237 Å². The number of aliphatic hydroxyl groups excluding tert-OH is 1. The average Bonchev–Trinajstić information content (AvgIpc) is 3.56. The number of rotatable bonds is 71. The minimum absolute atomic E-state index is 0.103. The molecule has 0 heterocycles. The fourth-order valence-electron chi connectivity index (χ4n) is 10.9. The van der Waals surface area contributed by atoms with E-state index in [-0.39, 0.29) is 25.7 Å². The third kappa shape index (κ3) is 65.1. The number of hydrogen-bond donors (Lipinski definition) is 3. The van der Waals surface area contributed by atoms with Crippen molar-refractivity contribution in [3.8, 4) is 0 Å².